The molecule has 19 heavy (non-hydrogen) atoms. The Morgan fingerprint density at radius 2 is 2.21 bits per heavy atom. The van der Waals surface area contributed by atoms with E-state index in [1.54, 1.807) is 11.8 Å². The van der Waals surface area contributed by atoms with Crippen molar-refractivity contribution in [1.82, 2.24) is 5.32 Å². The molecule has 0 saturated carbocycles. The Labute approximate surface area is 114 Å². The van der Waals surface area contributed by atoms with Crippen molar-refractivity contribution in [2.24, 2.45) is 0 Å². The molecular weight excluding hydrogens is 240 g/mol. The van der Waals surface area contributed by atoms with Gasteiger partial charge in [-0.15, -0.1) is 0 Å². The van der Waals surface area contributed by atoms with Crippen molar-refractivity contribution < 1.29 is 9.90 Å². The summed E-state index contributed by atoms with van der Waals surface area (Å²) in [5.41, 5.74) is 2.17. The van der Waals surface area contributed by atoms with Gasteiger partial charge in [-0.25, -0.2) is 0 Å². The number of aliphatic hydroxyl groups excluding tert-OH is 1. The van der Waals surface area contributed by atoms with Crippen LogP contribution in [0.2, 0.25) is 0 Å². The normalized spacial score (nSPS) is 20.3. The van der Waals surface area contributed by atoms with Crippen LogP contribution in [-0.4, -0.2) is 30.7 Å². The quantitative estimate of drug-likeness (QED) is 0.796. The van der Waals surface area contributed by atoms with Gasteiger partial charge in [0.05, 0.1) is 6.10 Å². The second-order valence-electron chi connectivity index (χ2n) is 5.21. The van der Waals surface area contributed by atoms with Gasteiger partial charge in [-0.05, 0) is 37.9 Å². The molecule has 104 valence electrons. The van der Waals surface area contributed by atoms with Gasteiger partial charge in [-0.3, -0.25) is 4.79 Å². The number of hydrogen-bond acceptors (Lipinski definition) is 3. The van der Waals surface area contributed by atoms with Gasteiger partial charge in [0.1, 0.15) is 0 Å². The average molecular weight is 262 g/mol. The molecule has 0 bridgehead atoms. The number of hydrogen-bond donors (Lipinski definition) is 2. The van der Waals surface area contributed by atoms with E-state index in [9.17, 15) is 9.90 Å². The van der Waals surface area contributed by atoms with Gasteiger partial charge < -0.3 is 15.3 Å². The first-order valence-corrected chi connectivity index (χ1v) is 6.86. The minimum absolute atomic E-state index is 0.0916. The number of anilines is 1. The molecular formula is C15H22N2O2. The third-order valence-corrected chi connectivity index (χ3v) is 3.62. The second-order valence-corrected chi connectivity index (χ2v) is 5.21. The summed E-state index contributed by atoms with van der Waals surface area (Å²) >= 11 is 0. The number of aliphatic hydroxyl groups is 1. The van der Waals surface area contributed by atoms with E-state index in [4.69, 9.17) is 0 Å². The fourth-order valence-corrected chi connectivity index (χ4v) is 2.50. The fraction of sp³-hybridized carbons (Fsp3) is 0.533. The molecule has 2 rings (SSSR count). The standard InChI is InChI=1S/C15H22N2O2/c1-11(18)6-5-9-16-13-10-15(19)17(2)14-8-4-3-7-12(13)14/h3-4,7-8,11,13,16,18H,5-6,9-10H2,1-2H3. The van der Waals surface area contributed by atoms with Crippen LogP contribution < -0.4 is 10.2 Å². The lowest BCUT2D eigenvalue weighted by Crippen LogP contribution is -2.38. The summed E-state index contributed by atoms with van der Waals surface area (Å²) < 4.78 is 0. The molecule has 0 spiro atoms. The minimum atomic E-state index is -0.256. The molecule has 2 N–H and O–H groups in total. The van der Waals surface area contributed by atoms with E-state index in [0.29, 0.717) is 6.42 Å². The van der Waals surface area contributed by atoms with Crippen molar-refractivity contribution in [1.29, 1.82) is 0 Å². The highest BCUT2D eigenvalue weighted by molar-refractivity contribution is 5.96. The molecule has 0 fully saturated rings. The van der Waals surface area contributed by atoms with E-state index in [2.05, 4.69) is 11.4 Å². The molecule has 2 atom stereocenters. The van der Waals surface area contributed by atoms with Crippen molar-refractivity contribution in [3.63, 3.8) is 0 Å². The van der Waals surface area contributed by atoms with Gasteiger partial charge in [-0.2, -0.15) is 0 Å². The number of benzene rings is 1. The van der Waals surface area contributed by atoms with Gasteiger partial charge >= 0.3 is 0 Å². The predicted molar refractivity (Wildman–Crippen MR) is 76.1 cm³/mol. The van der Waals surface area contributed by atoms with Crippen molar-refractivity contribution >= 4 is 11.6 Å². The Kier molecular flexibility index (Phi) is 4.56. The summed E-state index contributed by atoms with van der Waals surface area (Å²) in [4.78, 5) is 13.7. The second kappa shape index (κ2) is 6.17. The van der Waals surface area contributed by atoms with Gasteiger partial charge in [0.15, 0.2) is 0 Å². The first-order valence-electron chi connectivity index (χ1n) is 6.86. The van der Waals surface area contributed by atoms with Gasteiger partial charge in [-0.1, -0.05) is 18.2 Å². The third-order valence-electron chi connectivity index (χ3n) is 3.62. The van der Waals surface area contributed by atoms with Crippen LogP contribution in [0.3, 0.4) is 0 Å². The van der Waals surface area contributed by atoms with Gasteiger partial charge in [0.25, 0.3) is 0 Å². The van der Waals surface area contributed by atoms with Crippen LogP contribution in [0.25, 0.3) is 0 Å². The third kappa shape index (κ3) is 3.33. The van der Waals surface area contributed by atoms with Crippen molar-refractivity contribution in [2.45, 2.75) is 38.3 Å². The van der Waals surface area contributed by atoms with E-state index in [1.807, 2.05) is 25.2 Å². The monoisotopic (exact) mass is 262 g/mol. The maximum Gasteiger partial charge on any atom is 0.228 e. The molecule has 4 heteroatoms. The summed E-state index contributed by atoms with van der Waals surface area (Å²) in [5, 5.41) is 12.7. The largest absolute Gasteiger partial charge is 0.393 e. The zero-order chi connectivity index (χ0) is 13.8. The van der Waals surface area contributed by atoms with E-state index in [0.717, 1.165) is 25.1 Å². The van der Waals surface area contributed by atoms with Crippen LogP contribution in [0.1, 0.15) is 37.8 Å². The molecule has 0 aromatic heterocycles. The summed E-state index contributed by atoms with van der Waals surface area (Å²) in [6.45, 7) is 2.62. The maximum atomic E-state index is 12.0. The molecule has 4 nitrogen and oxygen atoms in total. The summed E-state index contributed by atoms with van der Waals surface area (Å²) in [6, 6.07) is 8.11. The first-order chi connectivity index (χ1) is 9.09. The number of para-hydroxylation sites is 1. The summed E-state index contributed by atoms with van der Waals surface area (Å²) in [7, 11) is 1.82. The molecule has 0 aliphatic carbocycles. The first kappa shape index (κ1) is 14.0. The lowest BCUT2D eigenvalue weighted by atomic mass is 9.96. The van der Waals surface area contributed by atoms with E-state index < -0.39 is 0 Å². The number of nitrogens with one attached hydrogen (secondary N) is 1. The lowest BCUT2D eigenvalue weighted by molar-refractivity contribution is -0.119. The summed E-state index contributed by atoms with van der Waals surface area (Å²) in [6.07, 6.45) is 1.95. The van der Waals surface area contributed by atoms with Crippen molar-refractivity contribution in [3.05, 3.63) is 29.8 Å². The van der Waals surface area contributed by atoms with E-state index in [1.165, 1.54) is 5.56 Å². The van der Waals surface area contributed by atoms with Crippen LogP contribution in [0.15, 0.2) is 24.3 Å². The molecule has 0 radical (unpaired) electrons. The highest BCUT2D eigenvalue weighted by Gasteiger charge is 2.28. The van der Waals surface area contributed by atoms with Crippen LogP contribution in [-0.2, 0) is 4.79 Å². The zero-order valence-electron chi connectivity index (χ0n) is 11.6. The molecule has 2 unspecified atom stereocenters. The smallest absolute Gasteiger partial charge is 0.228 e. The molecule has 1 aromatic rings. The number of carbonyl (C=O) groups excluding carboxylic acids is 1. The highest BCUT2D eigenvalue weighted by atomic mass is 16.3. The van der Waals surface area contributed by atoms with Gasteiger partial charge in [0, 0.05) is 25.2 Å². The van der Waals surface area contributed by atoms with E-state index >= 15 is 0 Å². The number of rotatable bonds is 5. The number of carbonyl (C=O) groups is 1. The highest BCUT2D eigenvalue weighted by Crippen LogP contribution is 2.33. The Morgan fingerprint density at radius 1 is 1.47 bits per heavy atom. The van der Waals surface area contributed by atoms with Crippen molar-refractivity contribution in [3.8, 4) is 0 Å². The molecule has 0 saturated heterocycles. The topological polar surface area (TPSA) is 52.6 Å². The SMILES string of the molecule is CC(O)CCCNC1CC(=O)N(C)c2ccccc21. The molecule has 1 aliphatic rings. The Morgan fingerprint density at radius 3 is 2.95 bits per heavy atom. The van der Waals surface area contributed by atoms with Crippen LogP contribution in [0, 0.1) is 0 Å². The average Bonchev–Trinajstić information content (AvgIpc) is 2.40. The zero-order valence-corrected chi connectivity index (χ0v) is 11.6. The Balaban J connectivity index is 2.01. The Hall–Kier alpha value is -1.39. The van der Waals surface area contributed by atoms with Gasteiger partial charge in [0.2, 0.25) is 5.91 Å². The fourth-order valence-electron chi connectivity index (χ4n) is 2.50. The van der Waals surface area contributed by atoms with Crippen molar-refractivity contribution in [2.75, 3.05) is 18.5 Å². The minimum Gasteiger partial charge on any atom is -0.393 e. The van der Waals surface area contributed by atoms with Crippen LogP contribution in [0.5, 0.6) is 0 Å². The number of amides is 1. The molecule has 1 aromatic carbocycles. The summed E-state index contributed by atoms with van der Waals surface area (Å²) in [5.74, 6) is 0.145. The Bertz CT molecular complexity index is 446. The lowest BCUT2D eigenvalue weighted by Gasteiger charge is -2.32. The molecule has 1 aliphatic heterocycles. The molecule has 1 amide bonds. The molecule has 1 heterocycles. The van der Waals surface area contributed by atoms with Crippen LogP contribution in [0.4, 0.5) is 5.69 Å². The maximum absolute atomic E-state index is 12.0. The van der Waals surface area contributed by atoms with Crippen LogP contribution >= 0.6 is 0 Å². The number of nitrogens with zero attached hydrogens (tertiary/aromatic N) is 1. The number of fused-ring (bicyclic) bond motifs is 1. The van der Waals surface area contributed by atoms with E-state index in [-0.39, 0.29) is 18.1 Å². The predicted octanol–water partition coefficient (Wildman–Crippen LogP) is 1.84.